The Morgan fingerprint density at radius 3 is 2.77 bits per heavy atom. The van der Waals surface area contributed by atoms with Crippen molar-refractivity contribution in [3.05, 3.63) is 47.8 Å². The molecular formula is C15H16N4O3. The highest BCUT2D eigenvalue weighted by molar-refractivity contribution is 5.80. The largest absolute Gasteiger partial charge is 0.481 e. The number of aryl methyl sites for hydroxylation is 1. The van der Waals surface area contributed by atoms with E-state index < -0.39 is 11.9 Å². The Kier molecular flexibility index (Phi) is 3.86. The molecule has 1 aliphatic carbocycles. The fourth-order valence-corrected chi connectivity index (χ4v) is 2.84. The monoisotopic (exact) mass is 300 g/mol. The number of carbonyl (C=O) groups is 2. The summed E-state index contributed by atoms with van der Waals surface area (Å²) in [5.74, 6) is -1.54. The molecule has 2 unspecified atom stereocenters. The molecular weight excluding hydrogens is 284 g/mol. The first-order chi connectivity index (χ1) is 10.6. The summed E-state index contributed by atoms with van der Waals surface area (Å²) in [6.07, 6.45) is 3.92. The van der Waals surface area contributed by atoms with E-state index in [1.54, 1.807) is 17.1 Å². The van der Waals surface area contributed by atoms with Gasteiger partial charge in [-0.2, -0.15) is 0 Å². The van der Waals surface area contributed by atoms with Crippen LogP contribution in [-0.2, 0) is 16.1 Å². The number of nitrogens with zero attached hydrogens (tertiary/aromatic N) is 3. The zero-order valence-electron chi connectivity index (χ0n) is 11.8. The Morgan fingerprint density at radius 1 is 1.32 bits per heavy atom. The molecule has 2 aromatic rings. The van der Waals surface area contributed by atoms with Gasteiger partial charge in [-0.3, -0.25) is 14.3 Å². The van der Waals surface area contributed by atoms with Gasteiger partial charge >= 0.3 is 5.97 Å². The molecule has 1 amide bonds. The van der Waals surface area contributed by atoms with Crippen molar-refractivity contribution in [3.8, 4) is 0 Å². The molecule has 7 heteroatoms. The molecule has 0 aliphatic heterocycles. The maximum Gasteiger partial charge on any atom is 0.311 e. The van der Waals surface area contributed by atoms with E-state index in [2.05, 4.69) is 15.6 Å². The van der Waals surface area contributed by atoms with Gasteiger partial charge in [-0.15, -0.1) is 5.10 Å². The summed E-state index contributed by atoms with van der Waals surface area (Å²) >= 11 is 0. The van der Waals surface area contributed by atoms with E-state index in [9.17, 15) is 14.7 Å². The number of benzene rings is 1. The molecule has 0 saturated carbocycles. The van der Waals surface area contributed by atoms with Crippen molar-refractivity contribution in [1.29, 1.82) is 0 Å². The predicted molar refractivity (Wildman–Crippen MR) is 77.0 cm³/mol. The molecule has 0 fully saturated rings. The van der Waals surface area contributed by atoms with Crippen molar-refractivity contribution >= 4 is 11.9 Å². The second-order valence-electron chi connectivity index (χ2n) is 5.29. The van der Waals surface area contributed by atoms with Crippen LogP contribution in [-0.4, -0.2) is 32.0 Å². The first kappa shape index (κ1) is 14.2. The third kappa shape index (κ3) is 2.83. The van der Waals surface area contributed by atoms with Crippen molar-refractivity contribution in [1.82, 2.24) is 20.3 Å². The number of carboxylic acid groups (broad SMARTS) is 1. The van der Waals surface area contributed by atoms with Gasteiger partial charge < -0.3 is 10.4 Å². The number of fused-ring (bicyclic) bond motifs is 1. The minimum atomic E-state index is -0.855. The molecule has 1 aromatic carbocycles. The fraction of sp³-hybridized carbons (Fsp3) is 0.333. The predicted octanol–water partition coefficient (Wildman–Crippen LogP) is 1.10. The van der Waals surface area contributed by atoms with E-state index in [0.717, 1.165) is 11.1 Å². The summed E-state index contributed by atoms with van der Waals surface area (Å²) in [7, 11) is 0. The smallest absolute Gasteiger partial charge is 0.311 e. The Hall–Kier alpha value is -2.70. The van der Waals surface area contributed by atoms with E-state index in [-0.39, 0.29) is 18.4 Å². The highest BCUT2D eigenvalue weighted by atomic mass is 16.4. The van der Waals surface area contributed by atoms with Gasteiger partial charge in [0.2, 0.25) is 5.91 Å². The number of carboxylic acids is 1. The van der Waals surface area contributed by atoms with Crippen molar-refractivity contribution in [2.75, 3.05) is 0 Å². The molecule has 114 valence electrons. The van der Waals surface area contributed by atoms with Gasteiger partial charge in [0.05, 0.1) is 24.7 Å². The molecule has 1 aromatic heterocycles. The average molecular weight is 300 g/mol. The van der Waals surface area contributed by atoms with Gasteiger partial charge in [0.25, 0.3) is 0 Å². The third-order valence-electron chi connectivity index (χ3n) is 3.89. The van der Waals surface area contributed by atoms with Crippen molar-refractivity contribution in [2.45, 2.75) is 31.3 Å². The second-order valence-corrected chi connectivity index (χ2v) is 5.29. The zero-order chi connectivity index (χ0) is 15.5. The van der Waals surface area contributed by atoms with Crippen molar-refractivity contribution in [3.63, 3.8) is 0 Å². The number of nitrogens with one attached hydrogen (secondary N) is 1. The molecule has 7 nitrogen and oxygen atoms in total. The SMILES string of the molecule is O=C(CCn1ccnn1)NC1CC(C(=O)O)c2ccccc21. The highest BCUT2D eigenvalue weighted by Gasteiger charge is 2.35. The van der Waals surface area contributed by atoms with Gasteiger partial charge in [0.1, 0.15) is 0 Å². The molecule has 0 radical (unpaired) electrons. The number of carbonyl (C=O) groups excluding carboxylic acids is 1. The number of aliphatic carboxylic acids is 1. The number of rotatable bonds is 5. The average Bonchev–Trinajstić information content (AvgIpc) is 3.13. The first-order valence-corrected chi connectivity index (χ1v) is 7.10. The molecule has 0 saturated heterocycles. The molecule has 22 heavy (non-hydrogen) atoms. The lowest BCUT2D eigenvalue weighted by Gasteiger charge is -2.14. The molecule has 1 aliphatic rings. The van der Waals surface area contributed by atoms with Crippen LogP contribution < -0.4 is 5.32 Å². The number of aromatic nitrogens is 3. The van der Waals surface area contributed by atoms with E-state index in [4.69, 9.17) is 0 Å². The van der Waals surface area contributed by atoms with Crippen LogP contribution in [0.3, 0.4) is 0 Å². The molecule has 1 heterocycles. The van der Waals surface area contributed by atoms with Crippen LogP contribution in [0.1, 0.15) is 35.9 Å². The third-order valence-corrected chi connectivity index (χ3v) is 3.89. The van der Waals surface area contributed by atoms with Crippen LogP contribution in [0, 0.1) is 0 Å². The lowest BCUT2D eigenvalue weighted by atomic mass is 10.0. The second kappa shape index (κ2) is 5.97. The van der Waals surface area contributed by atoms with Crippen molar-refractivity contribution in [2.24, 2.45) is 0 Å². The Morgan fingerprint density at radius 2 is 2.09 bits per heavy atom. The van der Waals surface area contributed by atoms with Gasteiger partial charge in [-0.1, -0.05) is 29.5 Å². The molecule has 3 rings (SSSR count). The summed E-state index contributed by atoms with van der Waals surface area (Å²) in [6.45, 7) is 0.447. The van der Waals surface area contributed by atoms with Crippen LogP contribution >= 0.6 is 0 Å². The van der Waals surface area contributed by atoms with Gasteiger partial charge in [0, 0.05) is 12.6 Å². The van der Waals surface area contributed by atoms with E-state index in [1.165, 1.54) is 0 Å². The Labute approximate surface area is 126 Å². The normalized spacial score (nSPS) is 19.6. The molecule has 0 spiro atoms. The molecule has 2 N–H and O–H groups in total. The van der Waals surface area contributed by atoms with Crippen LogP contribution in [0.5, 0.6) is 0 Å². The van der Waals surface area contributed by atoms with Crippen LogP contribution in [0.2, 0.25) is 0 Å². The molecule has 2 atom stereocenters. The molecule has 0 bridgehead atoms. The van der Waals surface area contributed by atoms with Gasteiger partial charge in [-0.05, 0) is 17.5 Å². The quantitative estimate of drug-likeness (QED) is 0.861. The maximum atomic E-state index is 12.1. The maximum absolute atomic E-state index is 12.1. The van der Waals surface area contributed by atoms with Crippen LogP contribution in [0.25, 0.3) is 0 Å². The van der Waals surface area contributed by atoms with Crippen LogP contribution in [0.15, 0.2) is 36.7 Å². The fourth-order valence-electron chi connectivity index (χ4n) is 2.84. The standard InChI is InChI=1S/C15H16N4O3/c20-14(5-7-19-8-6-16-18-19)17-13-9-12(15(21)22)10-3-1-2-4-11(10)13/h1-4,6,8,12-13H,5,7,9H2,(H,17,20)(H,21,22). The minimum Gasteiger partial charge on any atom is -0.481 e. The van der Waals surface area contributed by atoms with E-state index >= 15 is 0 Å². The first-order valence-electron chi connectivity index (χ1n) is 7.10. The lowest BCUT2D eigenvalue weighted by molar-refractivity contribution is -0.139. The summed E-state index contributed by atoms with van der Waals surface area (Å²) < 4.78 is 1.59. The number of hydrogen-bond donors (Lipinski definition) is 2. The van der Waals surface area contributed by atoms with E-state index in [0.29, 0.717) is 13.0 Å². The number of hydrogen-bond acceptors (Lipinski definition) is 4. The zero-order valence-corrected chi connectivity index (χ0v) is 11.8. The summed E-state index contributed by atoms with van der Waals surface area (Å²) in [6, 6.07) is 7.12. The minimum absolute atomic E-state index is 0.124. The summed E-state index contributed by atoms with van der Waals surface area (Å²) in [5.41, 5.74) is 1.68. The summed E-state index contributed by atoms with van der Waals surface area (Å²) in [5, 5.41) is 19.7. The topological polar surface area (TPSA) is 97.1 Å². The Balaban J connectivity index is 1.65. The lowest BCUT2D eigenvalue weighted by Crippen LogP contribution is -2.28. The van der Waals surface area contributed by atoms with Gasteiger partial charge in [-0.25, -0.2) is 0 Å². The highest BCUT2D eigenvalue weighted by Crippen LogP contribution is 2.40. The van der Waals surface area contributed by atoms with E-state index in [1.807, 2.05) is 24.3 Å². The van der Waals surface area contributed by atoms with Crippen molar-refractivity contribution < 1.29 is 14.7 Å². The van der Waals surface area contributed by atoms with Crippen LogP contribution in [0.4, 0.5) is 0 Å². The number of amides is 1. The Bertz CT molecular complexity index is 684. The van der Waals surface area contributed by atoms with Gasteiger partial charge in [0.15, 0.2) is 0 Å². The summed E-state index contributed by atoms with van der Waals surface area (Å²) in [4.78, 5) is 23.4.